The van der Waals surface area contributed by atoms with Crippen molar-refractivity contribution in [1.29, 1.82) is 0 Å². The molecule has 0 unspecified atom stereocenters. The van der Waals surface area contributed by atoms with Gasteiger partial charge in [0, 0.05) is 18.7 Å². The van der Waals surface area contributed by atoms with Crippen LogP contribution in [0.5, 0.6) is 0 Å². The molecule has 1 aliphatic rings. The molecule has 1 N–H and O–H groups in total. The van der Waals surface area contributed by atoms with Crippen LogP contribution >= 0.6 is 11.6 Å². The molecule has 2 aromatic carbocycles. The molecule has 26 heavy (non-hydrogen) atoms. The van der Waals surface area contributed by atoms with Crippen LogP contribution in [0.2, 0.25) is 5.02 Å². The average molecular weight is 372 g/mol. The maximum atomic E-state index is 13.7. The summed E-state index contributed by atoms with van der Waals surface area (Å²) in [7, 11) is 0. The van der Waals surface area contributed by atoms with Gasteiger partial charge in [0.15, 0.2) is 0 Å². The molecule has 0 spiro atoms. The molecule has 3 rings (SSSR count). The summed E-state index contributed by atoms with van der Waals surface area (Å²) in [6, 6.07) is 6.84. The lowest BCUT2D eigenvalue weighted by Crippen LogP contribution is -2.10. The first-order valence-electron chi connectivity index (χ1n) is 8.00. The molecule has 1 saturated heterocycles. The molecular weight excluding hydrogens is 357 g/mol. The highest BCUT2D eigenvalue weighted by molar-refractivity contribution is 6.33. The SMILES string of the molecule is C#Cc1c(Cl)cc(C(=O)O)c(-c2cccc(F)c2)c1/N=N/N1CCCC1. The second-order valence-electron chi connectivity index (χ2n) is 5.81. The van der Waals surface area contributed by atoms with Crippen molar-refractivity contribution in [2.75, 3.05) is 13.1 Å². The second kappa shape index (κ2) is 7.54. The largest absolute Gasteiger partial charge is 0.478 e. The number of halogens is 2. The highest BCUT2D eigenvalue weighted by Gasteiger charge is 2.22. The minimum atomic E-state index is -1.22. The van der Waals surface area contributed by atoms with Gasteiger partial charge in [-0.1, -0.05) is 34.9 Å². The van der Waals surface area contributed by atoms with Crippen LogP contribution in [-0.2, 0) is 0 Å². The summed E-state index contributed by atoms with van der Waals surface area (Å²) >= 11 is 6.17. The molecule has 0 saturated carbocycles. The number of terminal acetylenes is 1. The molecule has 0 atom stereocenters. The molecule has 0 aromatic heterocycles. The van der Waals surface area contributed by atoms with Crippen molar-refractivity contribution < 1.29 is 14.3 Å². The van der Waals surface area contributed by atoms with Crippen LogP contribution in [0.4, 0.5) is 10.1 Å². The zero-order chi connectivity index (χ0) is 18.7. The fraction of sp³-hybridized carbons (Fsp3) is 0.211. The third-order valence-electron chi connectivity index (χ3n) is 4.09. The van der Waals surface area contributed by atoms with Crippen LogP contribution in [0.1, 0.15) is 28.8 Å². The van der Waals surface area contributed by atoms with E-state index in [1.165, 1.54) is 24.3 Å². The Kier molecular flexibility index (Phi) is 5.19. The Morgan fingerprint density at radius 2 is 2.04 bits per heavy atom. The van der Waals surface area contributed by atoms with E-state index in [1.54, 1.807) is 11.1 Å². The Labute approximate surface area is 155 Å². The standard InChI is InChI=1S/C19H15ClFN3O2/c1-2-14-16(20)11-15(19(25)26)17(12-6-5-7-13(21)10-12)18(14)22-23-24-8-3-4-9-24/h1,5-7,10-11H,3-4,8-9H2,(H,25,26)/b23-22+. The second-order valence-corrected chi connectivity index (χ2v) is 6.22. The fourth-order valence-corrected chi connectivity index (χ4v) is 3.13. The Morgan fingerprint density at radius 3 is 2.65 bits per heavy atom. The molecule has 132 valence electrons. The third-order valence-corrected chi connectivity index (χ3v) is 4.39. The normalized spacial score (nSPS) is 14.0. The Hall–Kier alpha value is -2.91. The predicted molar refractivity (Wildman–Crippen MR) is 97.1 cm³/mol. The van der Waals surface area contributed by atoms with Gasteiger partial charge in [-0.05, 0) is 36.6 Å². The van der Waals surface area contributed by atoms with Gasteiger partial charge in [-0.2, -0.15) is 0 Å². The molecule has 5 nitrogen and oxygen atoms in total. The van der Waals surface area contributed by atoms with Crippen LogP contribution in [0.25, 0.3) is 11.1 Å². The Balaban J connectivity index is 2.27. The molecular formula is C19H15ClFN3O2. The lowest BCUT2D eigenvalue weighted by molar-refractivity contribution is 0.0697. The number of benzene rings is 2. The van der Waals surface area contributed by atoms with Crippen molar-refractivity contribution in [3.8, 4) is 23.5 Å². The third kappa shape index (κ3) is 3.53. The molecule has 0 radical (unpaired) electrons. The van der Waals surface area contributed by atoms with Crippen molar-refractivity contribution in [1.82, 2.24) is 5.01 Å². The summed E-state index contributed by atoms with van der Waals surface area (Å²) in [5, 5.41) is 19.8. The van der Waals surface area contributed by atoms with Gasteiger partial charge in [-0.15, -0.1) is 11.5 Å². The maximum Gasteiger partial charge on any atom is 0.336 e. The van der Waals surface area contributed by atoms with Crippen LogP contribution in [-0.4, -0.2) is 29.2 Å². The first-order chi connectivity index (χ1) is 12.5. The van der Waals surface area contributed by atoms with Crippen molar-refractivity contribution in [2.24, 2.45) is 10.3 Å². The zero-order valence-corrected chi connectivity index (χ0v) is 14.5. The van der Waals surface area contributed by atoms with Gasteiger partial charge in [0.1, 0.15) is 11.5 Å². The number of hydrogen-bond acceptors (Lipinski definition) is 3. The topological polar surface area (TPSA) is 65.3 Å². The lowest BCUT2D eigenvalue weighted by atomic mass is 9.94. The van der Waals surface area contributed by atoms with E-state index < -0.39 is 11.8 Å². The first-order valence-corrected chi connectivity index (χ1v) is 8.38. The van der Waals surface area contributed by atoms with E-state index in [0.717, 1.165) is 25.9 Å². The van der Waals surface area contributed by atoms with Gasteiger partial charge in [0.2, 0.25) is 0 Å². The van der Waals surface area contributed by atoms with Gasteiger partial charge in [-0.3, -0.25) is 5.01 Å². The van der Waals surface area contributed by atoms with E-state index in [0.29, 0.717) is 5.56 Å². The van der Waals surface area contributed by atoms with Crippen LogP contribution in [0.3, 0.4) is 0 Å². The minimum absolute atomic E-state index is 0.0837. The monoisotopic (exact) mass is 371 g/mol. The minimum Gasteiger partial charge on any atom is -0.478 e. The molecule has 0 bridgehead atoms. The highest BCUT2D eigenvalue weighted by Crippen LogP contribution is 2.40. The fourth-order valence-electron chi connectivity index (χ4n) is 2.88. The van der Waals surface area contributed by atoms with E-state index >= 15 is 0 Å². The maximum absolute atomic E-state index is 13.7. The summed E-state index contributed by atoms with van der Waals surface area (Å²) in [6.45, 7) is 1.52. The van der Waals surface area contributed by atoms with Crippen molar-refractivity contribution in [3.05, 3.63) is 52.3 Å². The molecule has 0 amide bonds. The van der Waals surface area contributed by atoms with Crippen molar-refractivity contribution in [2.45, 2.75) is 12.8 Å². The summed E-state index contributed by atoms with van der Waals surface area (Å²) in [4.78, 5) is 11.8. The lowest BCUT2D eigenvalue weighted by Gasteiger charge is -2.14. The Bertz CT molecular complexity index is 931. The Morgan fingerprint density at radius 1 is 1.31 bits per heavy atom. The van der Waals surface area contributed by atoms with E-state index in [-0.39, 0.29) is 27.4 Å². The number of carbonyl (C=O) groups is 1. The van der Waals surface area contributed by atoms with Crippen LogP contribution < -0.4 is 0 Å². The summed E-state index contributed by atoms with van der Waals surface area (Å²) in [6.07, 6.45) is 7.58. The van der Waals surface area contributed by atoms with Gasteiger partial charge in [0.05, 0.1) is 16.1 Å². The predicted octanol–water partition coefficient (Wildman–Crippen LogP) is 4.92. The van der Waals surface area contributed by atoms with Crippen molar-refractivity contribution >= 4 is 23.3 Å². The number of nitrogens with zero attached hydrogens (tertiary/aromatic N) is 3. The van der Waals surface area contributed by atoms with Gasteiger partial charge < -0.3 is 5.11 Å². The first kappa shape index (κ1) is 17.9. The van der Waals surface area contributed by atoms with E-state index in [2.05, 4.69) is 16.3 Å². The highest BCUT2D eigenvalue weighted by atomic mass is 35.5. The molecule has 1 aliphatic heterocycles. The number of hydrogen-bond donors (Lipinski definition) is 1. The molecule has 1 fully saturated rings. The van der Waals surface area contributed by atoms with E-state index in [1.807, 2.05) is 0 Å². The summed E-state index contributed by atoms with van der Waals surface area (Å²) < 4.78 is 13.7. The van der Waals surface area contributed by atoms with E-state index in [4.69, 9.17) is 18.0 Å². The zero-order valence-electron chi connectivity index (χ0n) is 13.7. The molecule has 1 heterocycles. The van der Waals surface area contributed by atoms with Gasteiger partial charge in [-0.25, -0.2) is 9.18 Å². The number of carboxylic acids is 1. The summed E-state index contributed by atoms with van der Waals surface area (Å²) in [5.74, 6) is 0.722. The van der Waals surface area contributed by atoms with Crippen molar-refractivity contribution in [3.63, 3.8) is 0 Å². The molecule has 7 heteroatoms. The van der Waals surface area contributed by atoms with Crippen LogP contribution in [0.15, 0.2) is 40.7 Å². The smallest absolute Gasteiger partial charge is 0.336 e. The molecule has 2 aromatic rings. The van der Waals surface area contributed by atoms with Crippen LogP contribution in [0, 0.1) is 18.2 Å². The quantitative estimate of drug-likeness (QED) is 0.612. The summed E-state index contributed by atoms with van der Waals surface area (Å²) in [5.41, 5.74) is 0.784. The average Bonchev–Trinajstić information content (AvgIpc) is 3.12. The number of rotatable bonds is 4. The number of aromatic carboxylic acids is 1. The number of carboxylic acid groups (broad SMARTS) is 1. The molecule has 0 aliphatic carbocycles. The van der Waals surface area contributed by atoms with E-state index in [9.17, 15) is 14.3 Å². The van der Waals surface area contributed by atoms with Gasteiger partial charge in [0.25, 0.3) is 0 Å². The van der Waals surface area contributed by atoms with Gasteiger partial charge >= 0.3 is 5.97 Å².